The van der Waals surface area contributed by atoms with Gasteiger partial charge in [0.1, 0.15) is 5.76 Å². The van der Waals surface area contributed by atoms with Gasteiger partial charge >= 0.3 is 0 Å². The molecule has 6 nitrogen and oxygen atoms in total. The van der Waals surface area contributed by atoms with Gasteiger partial charge in [-0.25, -0.2) is 0 Å². The number of carbonyl (C=O) groups excluding carboxylic acids is 1. The summed E-state index contributed by atoms with van der Waals surface area (Å²) in [5, 5.41) is 15.7. The van der Waals surface area contributed by atoms with Gasteiger partial charge in [-0.2, -0.15) is 0 Å². The number of nitrogens with zero attached hydrogens (tertiary/aromatic N) is 3. The maximum absolute atomic E-state index is 12.9. The van der Waals surface area contributed by atoms with Gasteiger partial charge in [-0.05, 0) is 38.7 Å². The van der Waals surface area contributed by atoms with Crippen molar-refractivity contribution in [3.63, 3.8) is 0 Å². The third-order valence-corrected chi connectivity index (χ3v) is 6.58. The van der Waals surface area contributed by atoms with Gasteiger partial charge < -0.3 is 14.5 Å². The van der Waals surface area contributed by atoms with Crippen LogP contribution < -0.4 is 0 Å². The zero-order valence-electron chi connectivity index (χ0n) is 15.3. The number of aliphatic hydroxyl groups excluding tert-OH is 1. The topological polar surface area (TPSA) is 69.8 Å². The molecule has 1 saturated heterocycles. The molecule has 0 spiro atoms. The largest absolute Gasteiger partial charge is 0.393 e. The SMILES string of the molecule is Cc1noc(C)c1CN1CCc2c(C(=O)N3CCC(O)CC3)csc2C1. The Morgan fingerprint density at radius 1 is 1.35 bits per heavy atom. The lowest BCUT2D eigenvalue weighted by molar-refractivity contribution is 0.0545. The number of hydrogen-bond donors (Lipinski definition) is 1. The second kappa shape index (κ2) is 7.13. The first-order valence-electron chi connectivity index (χ1n) is 9.23. The van der Waals surface area contributed by atoms with E-state index in [2.05, 4.69) is 10.1 Å². The number of fused-ring (bicyclic) bond motifs is 1. The number of aromatic nitrogens is 1. The maximum atomic E-state index is 12.9. The highest BCUT2D eigenvalue weighted by Gasteiger charge is 2.29. The smallest absolute Gasteiger partial charge is 0.254 e. The highest BCUT2D eigenvalue weighted by molar-refractivity contribution is 7.10. The third kappa shape index (κ3) is 3.31. The average Bonchev–Trinajstić information content (AvgIpc) is 3.20. The number of hydrogen-bond acceptors (Lipinski definition) is 6. The summed E-state index contributed by atoms with van der Waals surface area (Å²) in [6.07, 6.45) is 2.01. The van der Waals surface area contributed by atoms with Gasteiger partial charge in [0, 0.05) is 48.5 Å². The summed E-state index contributed by atoms with van der Waals surface area (Å²) in [6, 6.07) is 0. The van der Waals surface area contributed by atoms with Crippen LogP contribution in [-0.2, 0) is 19.5 Å². The first-order valence-corrected chi connectivity index (χ1v) is 10.1. The summed E-state index contributed by atoms with van der Waals surface area (Å²) in [7, 11) is 0. The normalized spacial score (nSPS) is 19.0. The first-order chi connectivity index (χ1) is 12.5. The Morgan fingerprint density at radius 3 is 2.81 bits per heavy atom. The van der Waals surface area contributed by atoms with Gasteiger partial charge in [-0.3, -0.25) is 9.69 Å². The molecule has 0 bridgehead atoms. The van der Waals surface area contributed by atoms with E-state index in [1.54, 1.807) is 11.3 Å². The molecule has 0 unspecified atom stereocenters. The predicted molar refractivity (Wildman–Crippen MR) is 99.3 cm³/mol. The summed E-state index contributed by atoms with van der Waals surface area (Å²) in [6.45, 7) is 7.90. The number of aliphatic hydroxyl groups is 1. The Morgan fingerprint density at radius 2 is 2.12 bits per heavy atom. The van der Waals surface area contributed by atoms with E-state index >= 15 is 0 Å². The number of piperidine rings is 1. The molecule has 0 atom stereocenters. The molecule has 2 aliphatic heterocycles. The summed E-state index contributed by atoms with van der Waals surface area (Å²) in [4.78, 5) is 18.5. The van der Waals surface area contributed by atoms with E-state index in [0.29, 0.717) is 25.9 Å². The van der Waals surface area contributed by atoms with Crippen molar-refractivity contribution in [3.05, 3.63) is 38.4 Å². The van der Waals surface area contributed by atoms with Crippen LogP contribution in [0.3, 0.4) is 0 Å². The molecule has 0 aromatic carbocycles. The van der Waals surface area contributed by atoms with Gasteiger partial charge in [0.2, 0.25) is 0 Å². The third-order valence-electron chi connectivity index (χ3n) is 5.57. The second-order valence-electron chi connectivity index (χ2n) is 7.34. The monoisotopic (exact) mass is 375 g/mol. The highest BCUT2D eigenvalue weighted by atomic mass is 32.1. The van der Waals surface area contributed by atoms with E-state index in [1.807, 2.05) is 24.1 Å². The molecule has 2 aliphatic rings. The number of likely N-dealkylation sites (tertiary alicyclic amines) is 1. The van der Waals surface area contributed by atoms with Crippen LogP contribution in [0.2, 0.25) is 0 Å². The number of amides is 1. The van der Waals surface area contributed by atoms with Crippen molar-refractivity contribution in [3.8, 4) is 0 Å². The van der Waals surface area contributed by atoms with Gasteiger partial charge in [0.15, 0.2) is 0 Å². The van der Waals surface area contributed by atoms with Gasteiger partial charge in [0.05, 0.1) is 17.4 Å². The molecular weight excluding hydrogens is 350 g/mol. The van der Waals surface area contributed by atoms with Crippen LogP contribution in [0.4, 0.5) is 0 Å². The molecule has 140 valence electrons. The van der Waals surface area contributed by atoms with Crippen molar-refractivity contribution in [1.82, 2.24) is 15.0 Å². The Labute approximate surface area is 157 Å². The Balaban J connectivity index is 1.46. The maximum Gasteiger partial charge on any atom is 0.254 e. The van der Waals surface area contributed by atoms with Crippen molar-refractivity contribution in [1.29, 1.82) is 0 Å². The average molecular weight is 375 g/mol. The molecule has 2 aromatic heterocycles. The van der Waals surface area contributed by atoms with Crippen molar-refractivity contribution < 1.29 is 14.4 Å². The fourth-order valence-electron chi connectivity index (χ4n) is 3.89. The molecule has 4 heterocycles. The van der Waals surface area contributed by atoms with E-state index in [1.165, 1.54) is 16.0 Å². The molecule has 4 rings (SSSR count). The predicted octanol–water partition coefficient (Wildman–Crippen LogP) is 2.51. The summed E-state index contributed by atoms with van der Waals surface area (Å²) < 4.78 is 5.27. The summed E-state index contributed by atoms with van der Waals surface area (Å²) in [5.41, 5.74) is 4.23. The van der Waals surface area contributed by atoms with Crippen LogP contribution >= 0.6 is 11.3 Å². The second-order valence-corrected chi connectivity index (χ2v) is 8.30. The zero-order valence-corrected chi connectivity index (χ0v) is 16.1. The molecule has 0 radical (unpaired) electrons. The van der Waals surface area contributed by atoms with Gasteiger partial charge in [-0.15, -0.1) is 11.3 Å². The minimum absolute atomic E-state index is 0.133. The molecule has 1 fully saturated rings. The van der Waals surface area contributed by atoms with Crippen molar-refractivity contribution in [2.75, 3.05) is 19.6 Å². The molecule has 1 N–H and O–H groups in total. The molecule has 2 aromatic rings. The molecule has 0 aliphatic carbocycles. The zero-order chi connectivity index (χ0) is 18.3. The van der Waals surface area contributed by atoms with Crippen LogP contribution in [-0.4, -0.2) is 51.7 Å². The molecule has 0 saturated carbocycles. The van der Waals surface area contributed by atoms with Crippen molar-refractivity contribution >= 4 is 17.2 Å². The van der Waals surface area contributed by atoms with Crippen LogP contribution in [0, 0.1) is 13.8 Å². The fraction of sp³-hybridized carbons (Fsp3) is 0.579. The van der Waals surface area contributed by atoms with Crippen LogP contribution in [0.5, 0.6) is 0 Å². The first kappa shape index (κ1) is 17.7. The summed E-state index contributed by atoms with van der Waals surface area (Å²) in [5.74, 6) is 1.02. The Kier molecular flexibility index (Phi) is 4.86. The van der Waals surface area contributed by atoms with E-state index in [0.717, 1.165) is 43.1 Å². The van der Waals surface area contributed by atoms with E-state index in [9.17, 15) is 9.90 Å². The molecule has 26 heavy (non-hydrogen) atoms. The Hall–Kier alpha value is -1.70. The molecular formula is C19H25N3O3S. The van der Waals surface area contributed by atoms with Crippen LogP contribution in [0.15, 0.2) is 9.90 Å². The molecule has 1 amide bonds. The van der Waals surface area contributed by atoms with Gasteiger partial charge in [-0.1, -0.05) is 5.16 Å². The highest BCUT2D eigenvalue weighted by Crippen LogP contribution is 2.31. The standard InChI is InChI=1S/C19H25N3O3S/c1-12-16(13(2)25-20-12)9-21-6-5-15-17(11-26-18(15)10-21)19(24)22-7-3-14(23)4-8-22/h11,14,23H,3-10H2,1-2H3. The minimum atomic E-state index is -0.256. The van der Waals surface area contributed by atoms with E-state index < -0.39 is 0 Å². The summed E-state index contributed by atoms with van der Waals surface area (Å²) >= 11 is 1.69. The van der Waals surface area contributed by atoms with E-state index in [4.69, 9.17) is 4.52 Å². The van der Waals surface area contributed by atoms with Crippen LogP contribution in [0.1, 0.15) is 50.7 Å². The van der Waals surface area contributed by atoms with E-state index in [-0.39, 0.29) is 12.0 Å². The Bertz CT molecular complexity index is 786. The number of aryl methyl sites for hydroxylation is 2. The number of thiophene rings is 1. The van der Waals surface area contributed by atoms with Crippen molar-refractivity contribution in [2.45, 2.75) is 52.3 Å². The molecule has 7 heteroatoms. The lowest BCUT2D eigenvalue weighted by Crippen LogP contribution is -2.40. The lowest BCUT2D eigenvalue weighted by Gasteiger charge is -2.31. The quantitative estimate of drug-likeness (QED) is 0.893. The number of carbonyl (C=O) groups is 1. The lowest BCUT2D eigenvalue weighted by atomic mass is 10.0. The number of rotatable bonds is 3. The fourth-order valence-corrected chi connectivity index (χ4v) is 5.00. The van der Waals surface area contributed by atoms with Crippen molar-refractivity contribution in [2.24, 2.45) is 0 Å². The minimum Gasteiger partial charge on any atom is -0.393 e. The van der Waals surface area contributed by atoms with Gasteiger partial charge in [0.25, 0.3) is 5.91 Å². The van der Waals surface area contributed by atoms with Crippen LogP contribution in [0.25, 0.3) is 0 Å².